The zero-order valence-electron chi connectivity index (χ0n) is 8.96. The number of ether oxygens (including phenoxy) is 1. The molecule has 0 aromatic carbocycles. The molecule has 4 heteroatoms. The van der Waals surface area contributed by atoms with Gasteiger partial charge in [-0.2, -0.15) is 0 Å². The number of rotatable bonds is 6. The fraction of sp³-hybridized carbons (Fsp3) is 1.00. The van der Waals surface area contributed by atoms with E-state index in [9.17, 15) is 5.11 Å². The van der Waals surface area contributed by atoms with Gasteiger partial charge in [0.1, 0.15) is 0 Å². The molecule has 0 bridgehead atoms. The van der Waals surface area contributed by atoms with Crippen molar-refractivity contribution < 1.29 is 9.84 Å². The van der Waals surface area contributed by atoms with E-state index in [1.807, 2.05) is 0 Å². The van der Waals surface area contributed by atoms with E-state index in [-0.39, 0.29) is 6.10 Å². The van der Waals surface area contributed by atoms with E-state index < -0.39 is 0 Å². The third kappa shape index (κ3) is 4.91. The predicted octanol–water partition coefficient (Wildman–Crippen LogP) is -0.417. The molecule has 0 radical (unpaired) electrons. The van der Waals surface area contributed by atoms with Crippen LogP contribution in [-0.4, -0.2) is 51.1 Å². The zero-order valence-corrected chi connectivity index (χ0v) is 8.96. The van der Waals surface area contributed by atoms with Crippen LogP contribution >= 0.6 is 0 Å². The Morgan fingerprint density at radius 2 is 2.21 bits per heavy atom. The maximum atomic E-state index is 9.38. The molecule has 1 unspecified atom stereocenters. The lowest BCUT2D eigenvalue weighted by Crippen LogP contribution is -2.37. The molecule has 0 aromatic rings. The van der Waals surface area contributed by atoms with Crippen LogP contribution in [0.5, 0.6) is 0 Å². The second-order valence-corrected chi connectivity index (χ2v) is 3.96. The summed E-state index contributed by atoms with van der Waals surface area (Å²) in [5, 5.41) is 16.0. The number of aliphatic hydroxyl groups is 1. The summed E-state index contributed by atoms with van der Waals surface area (Å²) in [5.74, 6) is 0.769. The molecule has 0 aliphatic carbocycles. The molecule has 14 heavy (non-hydrogen) atoms. The van der Waals surface area contributed by atoms with Gasteiger partial charge in [0.15, 0.2) is 0 Å². The van der Waals surface area contributed by atoms with Crippen LogP contribution in [0.25, 0.3) is 0 Å². The van der Waals surface area contributed by atoms with E-state index >= 15 is 0 Å². The predicted molar refractivity (Wildman–Crippen MR) is 56.3 cm³/mol. The highest BCUT2D eigenvalue weighted by Gasteiger charge is 2.12. The maximum absolute atomic E-state index is 9.38. The molecule has 0 saturated carbocycles. The number of methoxy groups -OCH3 is 1. The quantitative estimate of drug-likeness (QED) is 0.548. The first-order valence-electron chi connectivity index (χ1n) is 5.41. The Balaban J connectivity index is 1.96. The van der Waals surface area contributed by atoms with Gasteiger partial charge in [0.05, 0.1) is 12.7 Å². The Hall–Kier alpha value is -0.160. The van der Waals surface area contributed by atoms with Crippen LogP contribution < -0.4 is 10.6 Å². The molecule has 1 aliphatic heterocycles. The molecule has 1 atom stereocenters. The molecule has 1 saturated heterocycles. The monoisotopic (exact) mass is 202 g/mol. The molecule has 0 spiro atoms. The van der Waals surface area contributed by atoms with Crippen molar-refractivity contribution in [2.45, 2.75) is 18.9 Å². The highest BCUT2D eigenvalue weighted by atomic mass is 16.5. The second-order valence-electron chi connectivity index (χ2n) is 3.96. The molecule has 1 fully saturated rings. The number of hydrogen-bond acceptors (Lipinski definition) is 4. The van der Waals surface area contributed by atoms with Gasteiger partial charge in [-0.15, -0.1) is 0 Å². The van der Waals surface area contributed by atoms with E-state index in [2.05, 4.69) is 10.6 Å². The smallest absolute Gasteiger partial charge is 0.0897 e. The topological polar surface area (TPSA) is 53.5 Å². The summed E-state index contributed by atoms with van der Waals surface area (Å²) in [4.78, 5) is 0. The average molecular weight is 202 g/mol. The van der Waals surface area contributed by atoms with Crippen molar-refractivity contribution in [3.63, 3.8) is 0 Å². The molecular formula is C10H22N2O2. The van der Waals surface area contributed by atoms with E-state index in [1.165, 1.54) is 12.8 Å². The summed E-state index contributed by atoms with van der Waals surface area (Å²) < 4.78 is 4.85. The van der Waals surface area contributed by atoms with Gasteiger partial charge in [-0.05, 0) is 38.4 Å². The Kier molecular flexibility index (Phi) is 6.10. The normalized spacial score (nSPS) is 21.0. The molecule has 1 heterocycles. The first-order chi connectivity index (χ1) is 6.83. The first-order valence-corrected chi connectivity index (χ1v) is 5.41. The van der Waals surface area contributed by atoms with Crippen molar-refractivity contribution in [3.05, 3.63) is 0 Å². The van der Waals surface area contributed by atoms with Crippen LogP contribution in [0, 0.1) is 5.92 Å². The van der Waals surface area contributed by atoms with Gasteiger partial charge >= 0.3 is 0 Å². The van der Waals surface area contributed by atoms with E-state index in [0.717, 1.165) is 25.6 Å². The fourth-order valence-corrected chi connectivity index (χ4v) is 1.79. The van der Waals surface area contributed by atoms with Gasteiger partial charge in [-0.25, -0.2) is 0 Å². The minimum Gasteiger partial charge on any atom is -0.389 e. The summed E-state index contributed by atoms with van der Waals surface area (Å²) in [6, 6.07) is 0. The summed E-state index contributed by atoms with van der Waals surface area (Å²) in [5.41, 5.74) is 0. The van der Waals surface area contributed by atoms with E-state index in [4.69, 9.17) is 4.74 Å². The minimum absolute atomic E-state index is 0.373. The Bertz CT molecular complexity index is 138. The Morgan fingerprint density at radius 3 is 2.86 bits per heavy atom. The Morgan fingerprint density at radius 1 is 1.50 bits per heavy atom. The number of hydrogen-bond donors (Lipinski definition) is 3. The highest BCUT2D eigenvalue weighted by molar-refractivity contribution is 4.71. The highest BCUT2D eigenvalue weighted by Crippen LogP contribution is 2.09. The van der Waals surface area contributed by atoms with E-state index in [0.29, 0.717) is 13.2 Å². The van der Waals surface area contributed by atoms with Gasteiger partial charge in [-0.1, -0.05) is 0 Å². The van der Waals surface area contributed by atoms with Crippen molar-refractivity contribution in [2.24, 2.45) is 5.92 Å². The molecule has 4 nitrogen and oxygen atoms in total. The Labute approximate surface area is 86.0 Å². The molecule has 3 N–H and O–H groups in total. The van der Waals surface area contributed by atoms with Crippen LogP contribution in [0.4, 0.5) is 0 Å². The molecule has 1 rings (SSSR count). The molecular weight excluding hydrogens is 180 g/mol. The molecule has 0 aromatic heterocycles. The van der Waals surface area contributed by atoms with Crippen molar-refractivity contribution in [1.29, 1.82) is 0 Å². The number of piperidine rings is 1. The number of aliphatic hydroxyl groups excluding tert-OH is 1. The van der Waals surface area contributed by atoms with Crippen molar-refractivity contribution in [1.82, 2.24) is 10.6 Å². The van der Waals surface area contributed by atoms with Gasteiger partial charge in [0.25, 0.3) is 0 Å². The van der Waals surface area contributed by atoms with Crippen LogP contribution in [0.1, 0.15) is 12.8 Å². The lowest BCUT2D eigenvalue weighted by molar-refractivity contribution is 0.0637. The van der Waals surface area contributed by atoms with Gasteiger partial charge in [0.2, 0.25) is 0 Å². The van der Waals surface area contributed by atoms with Crippen molar-refractivity contribution in [3.8, 4) is 0 Å². The van der Waals surface area contributed by atoms with Crippen LogP contribution in [0.15, 0.2) is 0 Å². The summed E-state index contributed by atoms with van der Waals surface area (Å²) in [6.07, 6.45) is 2.11. The van der Waals surface area contributed by atoms with Crippen molar-refractivity contribution >= 4 is 0 Å². The first kappa shape index (κ1) is 11.9. The lowest BCUT2D eigenvalue weighted by atomic mass is 9.98. The van der Waals surface area contributed by atoms with Crippen LogP contribution in [0.2, 0.25) is 0 Å². The standard InChI is InChI=1S/C10H22N2O2/c1-14-8-10(13)7-12-6-9-2-4-11-5-3-9/h9-13H,2-8H2,1H3. The summed E-state index contributed by atoms with van der Waals surface area (Å²) >= 11 is 0. The average Bonchev–Trinajstić information content (AvgIpc) is 2.20. The van der Waals surface area contributed by atoms with Crippen LogP contribution in [-0.2, 0) is 4.74 Å². The number of nitrogens with one attached hydrogen (secondary N) is 2. The van der Waals surface area contributed by atoms with E-state index in [1.54, 1.807) is 7.11 Å². The molecule has 0 amide bonds. The summed E-state index contributed by atoms with van der Waals surface area (Å²) in [7, 11) is 1.61. The van der Waals surface area contributed by atoms with Gasteiger partial charge in [-0.3, -0.25) is 0 Å². The van der Waals surface area contributed by atoms with Crippen LogP contribution in [0.3, 0.4) is 0 Å². The molecule has 84 valence electrons. The van der Waals surface area contributed by atoms with Crippen molar-refractivity contribution in [2.75, 3.05) is 39.9 Å². The third-order valence-electron chi connectivity index (χ3n) is 2.63. The maximum Gasteiger partial charge on any atom is 0.0897 e. The second kappa shape index (κ2) is 7.17. The summed E-state index contributed by atoms with van der Waals surface area (Å²) in [6.45, 7) is 4.33. The SMILES string of the molecule is COCC(O)CNCC1CCNCC1. The molecule has 1 aliphatic rings. The lowest BCUT2D eigenvalue weighted by Gasteiger charge is -2.23. The largest absolute Gasteiger partial charge is 0.389 e. The minimum atomic E-state index is -0.373. The zero-order chi connectivity index (χ0) is 10.2. The van der Waals surface area contributed by atoms with Gasteiger partial charge in [0, 0.05) is 13.7 Å². The third-order valence-corrected chi connectivity index (χ3v) is 2.63. The van der Waals surface area contributed by atoms with Gasteiger partial charge < -0.3 is 20.5 Å². The fourth-order valence-electron chi connectivity index (χ4n) is 1.79.